The summed E-state index contributed by atoms with van der Waals surface area (Å²) in [7, 11) is 1.62. The summed E-state index contributed by atoms with van der Waals surface area (Å²) >= 11 is 0. The maximum Gasteiger partial charge on any atom is 0.271 e. The third-order valence-corrected chi connectivity index (χ3v) is 5.13. The van der Waals surface area contributed by atoms with Gasteiger partial charge in [-0.05, 0) is 36.8 Å². The number of pyridine rings is 1. The molecule has 9 heteroatoms. The average Bonchev–Trinajstić information content (AvgIpc) is 3.49. The first kappa shape index (κ1) is 22.2. The van der Waals surface area contributed by atoms with E-state index in [0.717, 1.165) is 16.9 Å². The zero-order valence-corrected chi connectivity index (χ0v) is 19.2. The van der Waals surface area contributed by atoms with Gasteiger partial charge in [0.2, 0.25) is 0 Å². The van der Waals surface area contributed by atoms with Crippen LogP contribution in [-0.2, 0) is 5.41 Å². The van der Waals surface area contributed by atoms with E-state index in [1.807, 2.05) is 58.0 Å². The van der Waals surface area contributed by atoms with Crippen LogP contribution in [0.3, 0.4) is 0 Å². The van der Waals surface area contributed by atoms with Crippen molar-refractivity contribution in [2.24, 2.45) is 0 Å². The maximum atomic E-state index is 12.7. The van der Waals surface area contributed by atoms with Crippen LogP contribution in [0.1, 0.15) is 55.6 Å². The summed E-state index contributed by atoms with van der Waals surface area (Å²) in [4.78, 5) is 25.8. The predicted octanol–water partition coefficient (Wildman–Crippen LogP) is 4.11. The van der Waals surface area contributed by atoms with E-state index in [1.54, 1.807) is 36.5 Å². The number of nitrogens with zero attached hydrogens (tertiary/aromatic N) is 5. The molecule has 1 atom stereocenters. The summed E-state index contributed by atoms with van der Waals surface area (Å²) < 4.78 is 12.3. The molecule has 4 rings (SSSR count). The van der Waals surface area contributed by atoms with Crippen LogP contribution in [0.4, 0.5) is 0 Å². The summed E-state index contributed by atoms with van der Waals surface area (Å²) in [5, 5.41) is 7.03. The van der Waals surface area contributed by atoms with Gasteiger partial charge in [-0.3, -0.25) is 9.36 Å². The number of imidazole rings is 1. The molecular weight excluding hydrogens is 420 g/mol. The van der Waals surface area contributed by atoms with Gasteiger partial charge in [-0.25, -0.2) is 9.97 Å². The standard InChI is InChI=1S/C24H26N6O3/c1-15(16-6-8-18(32-5)9-7-16)27-21(31)19-13-30(14-26-19)20-12-17(10-11-25-20)22-28-23(29-33-22)24(2,3)4/h6-15H,1-5H3,(H,27,31). The van der Waals surface area contributed by atoms with Gasteiger partial charge in [-0.1, -0.05) is 38.1 Å². The Morgan fingerprint density at radius 2 is 1.91 bits per heavy atom. The molecule has 1 amide bonds. The van der Waals surface area contributed by atoms with Gasteiger partial charge >= 0.3 is 0 Å². The minimum Gasteiger partial charge on any atom is -0.497 e. The zero-order valence-electron chi connectivity index (χ0n) is 19.2. The van der Waals surface area contributed by atoms with Crippen LogP contribution in [0.2, 0.25) is 0 Å². The highest BCUT2D eigenvalue weighted by Crippen LogP contribution is 2.24. The molecule has 0 fully saturated rings. The van der Waals surface area contributed by atoms with E-state index >= 15 is 0 Å². The van der Waals surface area contributed by atoms with Gasteiger partial charge in [0.05, 0.1) is 13.2 Å². The molecule has 4 aromatic rings. The normalized spacial score (nSPS) is 12.4. The third kappa shape index (κ3) is 4.92. The van der Waals surface area contributed by atoms with Gasteiger partial charge in [-0.2, -0.15) is 4.98 Å². The Bertz CT molecular complexity index is 1250. The van der Waals surface area contributed by atoms with Crippen LogP contribution < -0.4 is 10.1 Å². The number of amides is 1. The minimum absolute atomic E-state index is 0.190. The van der Waals surface area contributed by atoms with Crippen molar-refractivity contribution in [3.63, 3.8) is 0 Å². The molecule has 0 saturated heterocycles. The summed E-state index contributed by atoms with van der Waals surface area (Å²) in [6.07, 6.45) is 4.83. The number of carbonyl (C=O) groups is 1. The van der Waals surface area contributed by atoms with Crippen LogP contribution >= 0.6 is 0 Å². The predicted molar refractivity (Wildman–Crippen MR) is 122 cm³/mol. The number of rotatable bonds is 6. The Morgan fingerprint density at radius 3 is 2.58 bits per heavy atom. The molecule has 1 aromatic carbocycles. The second kappa shape index (κ2) is 8.85. The second-order valence-electron chi connectivity index (χ2n) is 8.71. The topological polar surface area (TPSA) is 108 Å². The number of benzene rings is 1. The van der Waals surface area contributed by atoms with Gasteiger partial charge < -0.3 is 14.6 Å². The van der Waals surface area contributed by atoms with Crippen molar-refractivity contribution >= 4 is 5.91 Å². The van der Waals surface area contributed by atoms with E-state index in [4.69, 9.17) is 9.26 Å². The number of carbonyl (C=O) groups excluding carboxylic acids is 1. The smallest absolute Gasteiger partial charge is 0.271 e. The van der Waals surface area contributed by atoms with Gasteiger partial charge in [0, 0.05) is 23.4 Å². The summed E-state index contributed by atoms with van der Waals surface area (Å²) in [5.74, 6) is 2.11. The molecule has 9 nitrogen and oxygen atoms in total. The van der Waals surface area contributed by atoms with Gasteiger partial charge in [0.1, 0.15) is 23.6 Å². The molecule has 1 unspecified atom stereocenters. The molecule has 0 saturated carbocycles. The molecule has 0 aliphatic heterocycles. The molecule has 33 heavy (non-hydrogen) atoms. The Balaban J connectivity index is 1.49. The Labute approximate surface area is 191 Å². The SMILES string of the molecule is COc1ccc(C(C)NC(=O)c2cn(-c3cc(-c4nc(C(C)(C)C)no4)ccn3)cn2)cc1. The monoisotopic (exact) mass is 446 g/mol. The number of aromatic nitrogens is 5. The summed E-state index contributed by atoms with van der Waals surface area (Å²) in [5.41, 5.74) is 1.77. The largest absolute Gasteiger partial charge is 0.497 e. The molecule has 170 valence electrons. The van der Waals surface area contributed by atoms with E-state index in [0.29, 0.717) is 17.5 Å². The highest BCUT2D eigenvalue weighted by atomic mass is 16.5. The molecule has 0 aliphatic carbocycles. The highest BCUT2D eigenvalue weighted by molar-refractivity contribution is 5.92. The number of methoxy groups -OCH3 is 1. The number of ether oxygens (including phenoxy) is 1. The molecule has 0 radical (unpaired) electrons. The quantitative estimate of drug-likeness (QED) is 0.475. The lowest BCUT2D eigenvalue weighted by Crippen LogP contribution is -2.26. The van der Waals surface area contributed by atoms with Crippen molar-refractivity contribution < 1.29 is 14.1 Å². The van der Waals surface area contributed by atoms with Crippen molar-refractivity contribution in [3.05, 3.63) is 72.2 Å². The summed E-state index contributed by atoms with van der Waals surface area (Å²) in [6, 6.07) is 11.0. The fourth-order valence-electron chi connectivity index (χ4n) is 3.15. The van der Waals surface area contributed by atoms with E-state index in [-0.39, 0.29) is 23.1 Å². The van der Waals surface area contributed by atoms with Crippen LogP contribution in [0.5, 0.6) is 5.75 Å². The third-order valence-electron chi connectivity index (χ3n) is 5.13. The molecule has 3 heterocycles. The van der Waals surface area contributed by atoms with Crippen molar-refractivity contribution in [1.29, 1.82) is 0 Å². The van der Waals surface area contributed by atoms with Gasteiger partial charge in [0.25, 0.3) is 11.8 Å². The van der Waals surface area contributed by atoms with E-state index < -0.39 is 0 Å². The lowest BCUT2D eigenvalue weighted by molar-refractivity contribution is 0.0935. The maximum absolute atomic E-state index is 12.7. The number of hydrogen-bond donors (Lipinski definition) is 1. The lowest BCUT2D eigenvalue weighted by atomic mass is 9.96. The molecule has 0 spiro atoms. The van der Waals surface area contributed by atoms with Crippen molar-refractivity contribution in [2.75, 3.05) is 7.11 Å². The fourth-order valence-corrected chi connectivity index (χ4v) is 3.15. The van der Waals surface area contributed by atoms with E-state index in [9.17, 15) is 4.79 Å². The molecule has 1 N–H and O–H groups in total. The average molecular weight is 447 g/mol. The van der Waals surface area contributed by atoms with Crippen molar-refractivity contribution in [1.82, 2.24) is 30.0 Å². The Morgan fingerprint density at radius 1 is 1.15 bits per heavy atom. The first-order valence-corrected chi connectivity index (χ1v) is 10.5. The number of nitrogens with one attached hydrogen (secondary N) is 1. The first-order valence-electron chi connectivity index (χ1n) is 10.5. The van der Waals surface area contributed by atoms with E-state index in [1.165, 1.54) is 0 Å². The van der Waals surface area contributed by atoms with Crippen LogP contribution in [0, 0.1) is 0 Å². The fraction of sp³-hybridized carbons (Fsp3) is 0.292. The summed E-state index contributed by atoms with van der Waals surface area (Å²) in [6.45, 7) is 7.98. The zero-order chi connectivity index (χ0) is 23.6. The second-order valence-corrected chi connectivity index (χ2v) is 8.71. The van der Waals surface area contributed by atoms with E-state index in [2.05, 4.69) is 25.4 Å². The van der Waals surface area contributed by atoms with Crippen molar-refractivity contribution in [3.8, 4) is 23.0 Å². The molecule has 3 aromatic heterocycles. The Hall–Kier alpha value is -4.01. The first-order chi connectivity index (χ1) is 15.7. The van der Waals surface area contributed by atoms with Crippen molar-refractivity contribution in [2.45, 2.75) is 39.2 Å². The van der Waals surface area contributed by atoms with Crippen LogP contribution in [0.15, 0.2) is 59.6 Å². The Kier molecular flexibility index (Phi) is 5.95. The van der Waals surface area contributed by atoms with Crippen LogP contribution in [0.25, 0.3) is 17.3 Å². The lowest BCUT2D eigenvalue weighted by Gasteiger charge is -2.13. The number of hydrogen-bond acceptors (Lipinski definition) is 7. The minimum atomic E-state index is -0.278. The highest BCUT2D eigenvalue weighted by Gasteiger charge is 2.22. The van der Waals surface area contributed by atoms with Gasteiger partial charge in [0.15, 0.2) is 5.82 Å². The van der Waals surface area contributed by atoms with Gasteiger partial charge in [-0.15, -0.1) is 0 Å². The molecular formula is C24H26N6O3. The van der Waals surface area contributed by atoms with Crippen LogP contribution in [-0.4, -0.2) is 37.7 Å². The molecule has 0 bridgehead atoms. The molecule has 0 aliphatic rings.